The highest BCUT2D eigenvalue weighted by atomic mass is 15.2. The molecule has 72 valence electrons. The van der Waals surface area contributed by atoms with Crippen molar-refractivity contribution >= 4 is 0 Å². The highest BCUT2D eigenvalue weighted by molar-refractivity contribution is 5.05. The van der Waals surface area contributed by atoms with Gasteiger partial charge in [0.1, 0.15) is 5.82 Å². The van der Waals surface area contributed by atoms with E-state index < -0.39 is 0 Å². The first-order valence-electron chi connectivity index (χ1n) is 4.89. The van der Waals surface area contributed by atoms with E-state index in [1.165, 1.54) is 19.3 Å². The Labute approximate surface area is 77.9 Å². The Morgan fingerprint density at radius 1 is 1.31 bits per heavy atom. The first-order chi connectivity index (χ1) is 6.21. The fourth-order valence-electron chi connectivity index (χ4n) is 1.97. The van der Waals surface area contributed by atoms with E-state index in [1.54, 1.807) is 0 Å². The predicted molar refractivity (Wildman–Crippen MR) is 50.1 cm³/mol. The van der Waals surface area contributed by atoms with Gasteiger partial charge >= 0.3 is 0 Å². The Morgan fingerprint density at radius 3 is 2.54 bits per heavy atom. The summed E-state index contributed by atoms with van der Waals surface area (Å²) in [4.78, 5) is 4.31. The normalized spacial score (nSPS) is 21.7. The molecule has 3 N–H and O–H groups in total. The summed E-state index contributed by atoms with van der Waals surface area (Å²) in [5.41, 5.74) is 5.99. The smallest absolute Gasteiger partial charge is 0.170 e. The quantitative estimate of drug-likeness (QED) is 0.683. The lowest BCUT2D eigenvalue weighted by molar-refractivity contribution is 0.287. The summed E-state index contributed by atoms with van der Waals surface area (Å²) in [5.74, 6) is 1.65. The minimum Gasteiger partial charge on any atom is -0.319 e. The van der Waals surface area contributed by atoms with Gasteiger partial charge in [0.05, 0.1) is 5.54 Å². The van der Waals surface area contributed by atoms with Crippen LogP contribution in [-0.2, 0) is 5.54 Å². The molecule has 4 nitrogen and oxygen atoms in total. The summed E-state index contributed by atoms with van der Waals surface area (Å²) >= 11 is 0. The molecule has 4 heteroatoms. The Kier molecular flexibility index (Phi) is 2.07. The van der Waals surface area contributed by atoms with Crippen LogP contribution in [0.3, 0.4) is 0 Å². The molecule has 1 aromatic rings. The molecule has 1 fully saturated rings. The van der Waals surface area contributed by atoms with Crippen LogP contribution in [0.15, 0.2) is 0 Å². The predicted octanol–water partition coefficient (Wildman–Crippen LogP) is 1.23. The summed E-state index contributed by atoms with van der Waals surface area (Å²) in [5, 5.41) is 7.00. The van der Waals surface area contributed by atoms with Crippen molar-refractivity contribution in [1.82, 2.24) is 15.2 Å². The van der Waals surface area contributed by atoms with Gasteiger partial charge in [-0.3, -0.25) is 5.10 Å². The zero-order valence-electron chi connectivity index (χ0n) is 8.01. The van der Waals surface area contributed by atoms with Gasteiger partial charge in [-0.1, -0.05) is 19.3 Å². The maximum atomic E-state index is 6.25. The van der Waals surface area contributed by atoms with Crippen LogP contribution >= 0.6 is 0 Å². The summed E-state index contributed by atoms with van der Waals surface area (Å²) in [7, 11) is 0. The number of nitrogens with zero attached hydrogens (tertiary/aromatic N) is 2. The molecule has 0 aliphatic heterocycles. The molecule has 0 unspecified atom stereocenters. The molecule has 0 atom stereocenters. The molecule has 0 amide bonds. The fourth-order valence-corrected chi connectivity index (χ4v) is 1.97. The van der Waals surface area contributed by atoms with Gasteiger partial charge in [-0.15, -0.1) is 0 Å². The van der Waals surface area contributed by atoms with Crippen LogP contribution in [0, 0.1) is 6.92 Å². The molecule has 0 saturated heterocycles. The lowest BCUT2D eigenvalue weighted by Gasteiger charge is -2.30. The lowest BCUT2D eigenvalue weighted by Crippen LogP contribution is -2.39. The summed E-state index contributed by atoms with van der Waals surface area (Å²) in [6.45, 7) is 1.91. The third-order valence-electron chi connectivity index (χ3n) is 2.79. The van der Waals surface area contributed by atoms with Crippen LogP contribution < -0.4 is 5.73 Å². The SMILES string of the molecule is Cc1nc(C2(N)CCCCC2)n[nH]1. The molecule has 1 aliphatic rings. The maximum Gasteiger partial charge on any atom is 0.170 e. The van der Waals surface area contributed by atoms with E-state index in [4.69, 9.17) is 5.73 Å². The zero-order valence-corrected chi connectivity index (χ0v) is 8.01. The van der Waals surface area contributed by atoms with Crippen LogP contribution in [0.2, 0.25) is 0 Å². The number of aromatic amines is 1. The molecule has 0 spiro atoms. The van der Waals surface area contributed by atoms with E-state index in [1.807, 2.05) is 6.92 Å². The molecule has 0 radical (unpaired) electrons. The van der Waals surface area contributed by atoms with Gasteiger partial charge in [-0.2, -0.15) is 5.10 Å². The fraction of sp³-hybridized carbons (Fsp3) is 0.778. The second-order valence-corrected chi connectivity index (χ2v) is 3.96. The Balaban J connectivity index is 2.22. The minimum absolute atomic E-state index is 0.261. The second kappa shape index (κ2) is 3.10. The third kappa shape index (κ3) is 1.58. The van der Waals surface area contributed by atoms with Gasteiger partial charge < -0.3 is 5.73 Å². The van der Waals surface area contributed by atoms with Crippen LogP contribution in [0.25, 0.3) is 0 Å². The van der Waals surface area contributed by atoms with Crippen LogP contribution in [-0.4, -0.2) is 15.2 Å². The van der Waals surface area contributed by atoms with Crippen molar-refractivity contribution in [1.29, 1.82) is 0 Å². The Morgan fingerprint density at radius 2 is 2.00 bits per heavy atom. The molecular weight excluding hydrogens is 164 g/mol. The van der Waals surface area contributed by atoms with Crippen molar-refractivity contribution in [3.05, 3.63) is 11.6 Å². The zero-order chi connectivity index (χ0) is 9.31. The highest BCUT2D eigenvalue weighted by Crippen LogP contribution is 2.32. The van der Waals surface area contributed by atoms with Gasteiger partial charge in [-0.25, -0.2) is 4.98 Å². The number of aryl methyl sites for hydroxylation is 1. The van der Waals surface area contributed by atoms with E-state index in [0.29, 0.717) is 0 Å². The van der Waals surface area contributed by atoms with E-state index in [9.17, 15) is 0 Å². The number of hydrogen-bond acceptors (Lipinski definition) is 3. The maximum absolute atomic E-state index is 6.25. The van der Waals surface area contributed by atoms with Crippen LogP contribution in [0.5, 0.6) is 0 Å². The average Bonchev–Trinajstić information content (AvgIpc) is 2.54. The van der Waals surface area contributed by atoms with E-state index in [2.05, 4.69) is 15.2 Å². The minimum atomic E-state index is -0.261. The lowest BCUT2D eigenvalue weighted by atomic mass is 9.82. The topological polar surface area (TPSA) is 67.6 Å². The summed E-state index contributed by atoms with van der Waals surface area (Å²) in [6.07, 6.45) is 5.73. The largest absolute Gasteiger partial charge is 0.319 e. The number of nitrogens with one attached hydrogen (secondary N) is 1. The van der Waals surface area contributed by atoms with Crippen molar-refractivity contribution < 1.29 is 0 Å². The standard InChI is InChI=1S/C9H16N4/c1-7-11-8(13-12-7)9(10)5-3-2-4-6-9/h2-6,10H2,1H3,(H,11,12,13). The number of nitrogens with two attached hydrogens (primary N) is 1. The number of H-pyrrole nitrogens is 1. The van der Waals surface area contributed by atoms with Crippen molar-refractivity contribution in [2.24, 2.45) is 5.73 Å². The van der Waals surface area contributed by atoms with Gasteiger partial charge in [0.15, 0.2) is 5.82 Å². The number of rotatable bonds is 1. The molecule has 0 aromatic carbocycles. The monoisotopic (exact) mass is 180 g/mol. The van der Waals surface area contributed by atoms with Crippen molar-refractivity contribution in [2.45, 2.75) is 44.6 Å². The first kappa shape index (κ1) is 8.69. The molecule has 13 heavy (non-hydrogen) atoms. The number of hydrogen-bond donors (Lipinski definition) is 2. The third-order valence-corrected chi connectivity index (χ3v) is 2.79. The van der Waals surface area contributed by atoms with Crippen molar-refractivity contribution in [3.63, 3.8) is 0 Å². The average molecular weight is 180 g/mol. The molecule has 2 rings (SSSR count). The second-order valence-electron chi connectivity index (χ2n) is 3.96. The molecule has 1 heterocycles. The summed E-state index contributed by atoms with van der Waals surface area (Å²) in [6, 6.07) is 0. The van der Waals surface area contributed by atoms with Gasteiger partial charge in [0.25, 0.3) is 0 Å². The first-order valence-corrected chi connectivity index (χ1v) is 4.89. The molecular formula is C9H16N4. The molecule has 1 saturated carbocycles. The van der Waals surface area contributed by atoms with Gasteiger partial charge in [0.2, 0.25) is 0 Å². The van der Waals surface area contributed by atoms with Crippen LogP contribution in [0.4, 0.5) is 0 Å². The molecule has 0 bridgehead atoms. The van der Waals surface area contributed by atoms with E-state index in [0.717, 1.165) is 24.5 Å². The van der Waals surface area contributed by atoms with Crippen molar-refractivity contribution in [2.75, 3.05) is 0 Å². The Hall–Kier alpha value is -0.900. The van der Waals surface area contributed by atoms with Crippen LogP contribution in [0.1, 0.15) is 43.8 Å². The summed E-state index contributed by atoms with van der Waals surface area (Å²) < 4.78 is 0. The van der Waals surface area contributed by atoms with Crippen molar-refractivity contribution in [3.8, 4) is 0 Å². The van der Waals surface area contributed by atoms with Gasteiger partial charge in [0, 0.05) is 0 Å². The molecule has 1 aliphatic carbocycles. The van der Waals surface area contributed by atoms with Gasteiger partial charge in [-0.05, 0) is 19.8 Å². The number of aromatic nitrogens is 3. The van der Waals surface area contributed by atoms with E-state index >= 15 is 0 Å². The molecule has 1 aromatic heterocycles. The highest BCUT2D eigenvalue weighted by Gasteiger charge is 2.32. The Bertz CT molecular complexity index is 286. The van der Waals surface area contributed by atoms with E-state index in [-0.39, 0.29) is 5.54 Å².